The number of hydrogen-bond donors (Lipinski definition) is 3. The molecular formula is C14H16N2O3. The van der Waals surface area contributed by atoms with Crippen molar-refractivity contribution in [1.29, 1.82) is 0 Å². The van der Waals surface area contributed by atoms with Gasteiger partial charge in [-0.25, -0.2) is 9.59 Å². The highest BCUT2D eigenvalue weighted by atomic mass is 16.4. The van der Waals surface area contributed by atoms with Gasteiger partial charge >= 0.3 is 12.0 Å². The highest BCUT2D eigenvalue weighted by Crippen LogP contribution is 2.16. The van der Waals surface area contributed by atoms with Crippen LogP contribution in [0.4, 0.5) is 10.5 Å². The Labute approximate surface area is 112 Å². The van der Waals surface area contributed by atoms with Gasteiger partial charge in [-0.2, -0.15) is 0 Å². The number of aromatic carboxylic acids is 1. The fourth-order valence-electron chi connectivity index (χ4n) is 1.50. The van der Waals surface area contributed by atoms with Crippen molar-refractivity contribution in [3.8, 4) is 12.3 Å². The lowest BCUT2D eigenvalue weighted by Gasteiger charge is -2.13. The molecule has 0 bridgehead atoms. The number of carboxylic acids is 1. The van der Waals surface area contributed by atoms with Crippen molar-refractivity contribution in [3.05, 3.63) is 29.3 Å². The minimum atomic E-state index is -1.04. The van der Waals surface area contributed by atoms with Gasteiger partial charge < -0.3 is 15.7 Å². The number of carboxylic acid groups (broad SMARTS) is 1. The van der Waals surface area contributed by atoms with E-state index in [1.807, 2.05) is 0 Å². The molecule has 0 heterocycles. The normalized spacial score (nSPS) is 11.2. The van der Waals surface area contributed by atoms with E-state index in [9.17, 15) is 9.59 Å². The molecule has 0 aliphatic carbocycles. The van der Waals surface area contributed by atoms with Crippen LogP contribution in [0.1, 0.15) is 29.3 Å². The average molecular weight is 260 g/mol. The molecule has 0 saturated carbocycles. The first-order valence-corrected chi connectivity index (χ1v) is 5.79. The second-order valence-corrected chi connectivity index (χ2v) is 4.24. The molecule has 0 aliphatic rings. The Morgan fingerprint density at radius 1 is 1.47 bits per heavy atom. The number of aryl methyl sites for hydroxylation is 1. The van der Waals surface area contributed by atoms with Gasteiger partial charge in [-0.05, 0) is 31.5 Å². The monoisotopic (exact) mass is 260 g/mol. The molecule has 0 aromatic heterocycles. The van der Waals surface area contributed by atoms with Crippen LogP contribution in [0.5, 0.6) is 0 Å². The Kier molecular flexibility index (Phi) is 4.95. The van der Waals surface area contributed by atoms with Crippen molar-refractivity contribution < 1.29 is 14.7 Å². The Hall–Kier alpha value is -2.48. The summed E-state index contributed by atoms with van der Waals surface area (Å²) in [4.78, 5) is 22.6. The first-order valence-electron chi connectivity index (χ1n) is 5.79. The summed E-state index contributed by atoms with van der Waals surface area (Å²) in [6.07, 6.45) is 5.58. The van der Waals surface area contributed by atoms with Gasteiger partial charge in [0.05, 0.1) is 5.56 Å². The topological polar surface area (TPSA) is 78.4 Å². The van der Waals surface area contributed by atoms with Crippen molar-refractivity contribution in [2.75, 3.05) is 5.32 Å². The lowest BCUT2D eigenvalue weighted by molar-refractivity contribution is 0.0697. The van der Waals surface area contributed by atoms with Gasteiger partial charge in [0.2, 0.25) is 0 Å². The zero-order valence-electron chi connectivity index (χ0n) is 10.9. The first kappa shape index (κ1) is 14.6. The van der Waals surface area contributed by atoms with Crippen LogP contribution in [0.3, 0.4) is 0 Å². The smallest absolute Gasteiger partial charge is 0.335 e. The first-order chi connectivity index (χ1) is 8.93. The van der Waals surface area contributed by atoms with Crippen LogP contribution < -0.4 is 10.6 Å². The van der Waals surface area contributed by atoms with Crippen molar-refractivity contribution in [2.24, 2.45) is 0 Å². The Morgan fingerprint density at radius 2 is 2.16 bits per heavy atom. The quantitative estimate of drug-likeness (QED) is 0.726. The molecule has 19 heavy (non-hydrogen) atoms. The fraction of sp³-hybridized carbons (Fsp3) is 0.286. The molecule has 0 radical (unpaired) electrons. The molecule has 1 aromatic carbocycles. The van der Waals surface area contributed by atoms with E-state index in [0.29, 0.717) is 12.1 Å². The van der Waals surface area contributed by atoms with E-state index < -0.39 is 12.0 Å². The summed E-state index contributed by atoms with van der Waals surface area (Å²) < 4.78 is 0. The van der Waals surface area contributed by atoms with Gasteiger partial charge in [0.15, 0.2) is 0 Å². The molecule has 0 fully saturated rings. The molecule has 0 saturated heterocycles. The predicted octanol–water partition coefficient (Wildman–Crippen LogP) is 2.23. The van der Waals surface area contributed by atoms with Crippen molar-refractivity contribution in [2.45, 2.75) is 26.3 Å². The number of carbonyl (C=O) groups excluding carboxylic acids is 1. The van der Waals surface area contributed by atoms with E-state index in [4.69, 9.17) is 11.5 Å². The van der Waals surface area contributed by atoms with Crippen LogP contribution in [-0.2, 0) is 0 Å². The third-order valence-corrected chi connectivity index (χ3v) is 2.53. The third-order valence-electron chi connectivity index (χ3n) is 2.53. The van der Waals surface area contributed by atoms with Crippen LogP contribution in [0.2, 0.25) is 0 Å². The number of urea groups is 1. The number of anilines is 1. The summed E-state index contributed by atoms with van der Waals surface area (Å²) in [5.74, 6) is 1.41. The molecule has 1 rings (SSSR count). The SMILES string of the molecule is C#CCC(C)NC(=O)Nc1cc(C(=O)O)ccc1C. The zero-order valence-corrected chi connectivity index (χ0v) is 10.9. The van der Waals surface area contributed by atoms with Gasteiger partial charge in [-0.3, -0.25) is 0 Å². The summed E-state index contributed by atoms with van der Waals surface area (Å²) in [6.45, 7) is 3.58. The summed E-state index contributed by atoms with van der Waals surface area (Å²) in [5.41, 5.74) is 1.37. The molecule has 100 valence electrons. The summed E-state index contributed by atoms with van der Waals surface area (Å²) in [5, 5.41) is 14.2. The van der Waals surface area contributed by atoms with E-state index >= 15 is 0 Å². The van der Waals surface area contributed by atoms with Gasteiger partial charge in [0.25, 0.3) is 0 Å². The highest BCUT2D eigenvalue weighted by Gasteiger charge is 2.10. The number of hydrogen-bond acceptors (Lipinski definition) is 2. The van der Waals surface area contributed by atoms with Crippen LogP contribution in [0.15, 0.2) is 18.2 Å². The number of rotatable bonds is 4. The minimum absolute atomic E-state index is 0.123. The van der Waals surface area contributed by atoms with E-state index in [-0.39, 0.29) is 11.6 Å². The third kappa shape index (κ3) is 4.36. The molecule has 0 aliphatic heterocycles. The highest BCUT2D eigenvalue weighted by molar-refractivity contribution is 5.94. The second-order valence-electron chi connectivity index (χ2n) is 4.24. The molecule has 5 nitrogen and oxygen atoms in total. The zero-order chi connectivity index (χ0) is 14.4. The van der Waals surface area contributed by atoms with Crippen molar-refractivity contribution >= 4 is 17.7 Å². The maximum absolute atomic E-state index is 11.7. The summed E-state index contributed by atoms with van der Waals surface area (Å²) >= 11 is 0. The van der Waals surface area contributed by atoms with E-state index in [1.165, 1.54) is 12.1 Å². The Morgan fingerprint density at radius 3 is 2.74 bits per heavy atom. The van der Waals surface area contributed by atoms with Gasteiger partial charge in [0.1, 0.15) is 0 Å². The molecule has 5 heteroatoms. The van der Waals surface area contributed by atoms with Crippen molar-refractivity contribution in [1.82, 2.24) is 5.32 Å². The van der Waals surface area contributed by atoms with Crippen LogP contribution in [0, 0.1) is 19.3 Å². The maximum Gasteiger partial charge on any atom is 0.335 e. The fourth-order valence-corrected chi connectivity index (χ4v) is 1.50. The maximum atomic E-state index is 11.7. The summed E-state index contributed by atoms with van der Waals surface area (Å²) in [6, 6.07) is 4.00. The average Bonchev–Trinajstić information content (AvgIpc) is 2.31. The Bertz CT molecular complexity index is 532. The minimum Gasteiger partial charge on any atom is -0.478 e. The summed E-state index contributed by atoms with van der Waals surface area (Å²) in [7, 11) is 0. The van der Waals surface area contributed by atoms with Crippen LogP contribution in [0.25, 0.3) is 0 Å². The molecule has 1 unspecified atom stereocenters. The van der Waals surface area contributed by atoms with Gasteiger partial charge in [-0.1, -0.05) is 6.07 Å². The Balaban J connectivity index is 2.76. The van der Waals surface area contributed by atoms with Crippen molar-refractivity contribution in [3.63, 3.8) is 0 Å². The predicted molar refractivity (Wildman–Crippen MR) is 73.2 cm³/mol. The largest absolute Gasteiger partial charge is 0.478 e. The number of carbonyl (C=O) groups is 2. The molecule has 1 aromatic rings. The van der Waals surface area contributed by atoms with Gasteiger partial charge in [-0.15, -0.1) is 12.3 Å². The number of terminal acetylenes is 1. The molecule has 3 N–H and O–H groups in total. The molecular weight excluding hydrogens is 244 g/mol. The standard InChI is InChI=1S/C14H16N2O3/c1-4-5-10(3)15-14(19)16-12-8-11(13(17)18)7-6-9(12)2/h1,6-8,10H,5H2,2-3H3,(H,17,18)(H2,15,16,19). The van der Waals surface area contributed by atoms with Gasteiger partial charge in [0, 0.05) is 18.2 Å². The van der Waals surface area contributed by atoms with E-state index in [0.717, 1.165) is 5.56 Å². The molecule has 2 amide bonds. The van der Waals surface area contributed by atoms with Crippen LogP contribution in [-0.4, -0.2) is 23.1 Å². The van der Waals surface area contributed by atoms with Crippen LogP contribution >= 0.6 is 0 Å². The number of amides is 2. The van der Waals surface area contributed by atoms with E-state index in [2.05, 4.69) is 16.6 Å². The molecule has 0 spiro atoms. The lowest BCUT2D eigenvalue weighted by atomic mass is 10.1. The number of benzene rings is 1. The molecule has 1 atom stereocenters. The number of nitrogens with one attached hydrogen (secondary N) is 2. The van der Waals surface area contributed by atoms with E-state index in [1.54, 1.807) is 19.9 Å². The second kappa shape index (κ2) is 6.45. The lowest BCUT2D eigenvalue weighted by Crippen LogP contribution is -2.36.